The van der Waals surface area contributed by atoms with Gasteiger partial charge >= 0.3 is 6.01 Å². The molecule has 0 amide bonds. The molecule has 2 heterocycles. The monoisotopic (exact) mass is 389 g/mol. The average Bonchev–Trinajstić information content (AvgIpc) is 3.21. The number of anilines is 1. The van der Waals surface area contributed by atoms with Crippen LogP contribution in [0.4, 0.5) is 5.82 Å². The first-order valence-corrected chi connectivity index (χ1v) is 10.5. The van der Waals surface area contributed by atoms with Gasteiger partial charge in [-0.15, -0.1) is 11.3 Å². The van der Waals surface area contributed by atoms with Gasteiger partial charge in [-0.3, -0.25) is 0 Å². The van der Waals surface area contributed by atoms with Crippen molar-refractivity contribution >= 4 is 27.4 Å². The lowest BCUT2D eigenvalue weighted by Crippen LogP contribution is -2.03. The quantitative estimate of drug-likeness (QED) is 0.377. The predicted octanol–water partition coefficient (Wildman–Crippen LogP) is 6.44. The van der Waals surface area contributed by atoms with Gasteiger partial charge in [0.15, 0.2) is 5.82 Å². The third-order valence-electron chi connectivity index (χ3n) is 4.54. The third kappa shape index (κ3) is 4.49. The predicted molar refractivity (Wildman–Crippen MR) is 116 cm³/mol. The first-order chi connectivity index (χ1) is 13.8. The standard InChI is InChI=1S/C23H23N3OS/c1-2-3-7-17-10-12-19(13-11-17)27-23-25-20-14-15-28-21(20)22(26-23)24-16-18-8-5-4-6-9-18/h4-6,8-15H,2-3,7,16H2,1H3,(H,24,25,26). The number of nitrogens with one attached hydrogen (secondary N) is 1. The molecule has 0 spiro atoms. The lowest BCUT2D eigenvalue weighted by Gasteiger charge is -2.10. The van der Waals surface area contributed by atoms with Crippen LogP contribution in [0, 0.1) is 0 Å². The molecule has 0 aliphatic heterocycles. The highest BCUT2D eigenvalue weighted by atomic mass is 32.1. The van der Waals surface area contributed by atoms with Gasteiger partial charge < -0.3 is 10.1 Å². The SMILES string of the molecule is CCCCc1ccc(Oc2nc(NCc3ccccc3)c3sccc3n2)cc1. The van der Waals surface area contributed by atoms with Crippen LogP contribution in [0.25, 0.3) is 10.2 Å². The minimum atomic E-state index is 0.364. The summed E-state index contributed by atoms with van der Waals surface area (Å²) in [5, 5.41) is 5.45. The summed E-state index contributed by atoms with van der Waals surface area (Å²) in [6, 6.07) is 20.9. The molecule has 4 rings (SSSR count). The Labute approximate surface area is 169 Å². The lowest BCUT2D eigenvalue weighted by atomic mass is 10.1. The highest BCUT2D eigenvalue weighted by molar-refractivity contribution is 7.17. The smallest absolute Gasteiger partial charge is 0.324 e. The maximum absolute atomic E-state index is 5.95. The number of benzene rings is 2. The van der Waals surface area contributed by atoms with Crippen LogP contribution in [0.1, 0.15) is 30.9 Å². The largest absolute Gasteiger partial charge is 0.424 e. The summed E-state index contributed by atoms with van der Waals surface area (Å²) in [4.78, 5) is 9.18. The van der Waals surface area contributed by atoms with E-state index in [2.05, 4.69) is 46.5 Å². The van der Waals surface area contributed by atoms with Crippen molar-refractivity contribution in [2.24, 2.45) is 0 Å². The van der Waals surface area contributed by atoms with Crippen LogP contribution < -0.4 is 10.1 Å². The van der Waals surface area contributed by atoms with E-state index < -0.39 is 0 Å². The summed E-state index contributed by atoms with van der Waals surface area (Å²) < 4.78 is 6.99. The van der Waals surface area contributed by atoms with Gasteiger partial charge in [-0.2, -0.15) is 9.97 Å². The molecular formula is C23H23N3OS. The van der Waals surface area contributed by atoms with Crippen LogP contribution in [-0.2, 0) is 13.0 Å². The van der Waals surface area contributed by atoms with Crippen molar-refractivity contribution in [3.63, 3.8) is 0 Å². The van der Waals surface area contributed by atoms with Crippen LogP contribution >= 0.6 is 11.3 Å². The van der Waals surface area contributed by atoms with Crippen molar-refractivity contribution in [1.29, 1.82) is 0 Å². The highest BCUT2D eigenvalue weighted by Crippen LogP contribution is 2.30. The number of nitrogens with zero attached hydrogens (tertiary/aromatic N) is 2. The van der Waals surface area contributed by atoms with E-state index in [0.29, 0.717) is 12.6 Å². The summed E-state index contributed by atoms with van der Waals surface area (Å²) in [6.07, 6.45) is 3.50. The van der Waals surface area contributed by atoms with Gasteiger partial charge in [0, 0.05) is 6.54 Å². The fraction of sp³-hybridized carbons (Fsp3) is 0.217. The van der Waals surface area contributed by atoms with E-state index >= 15 is 0 Å². The molecule has 28 heavy (non-hydrogen) atoms. The first kappa shape index (κ1) is 18.4. The molecule has 2 aromatic carbocycles. The molecule has 0 radical (unpaired) electrons. The molecule has 0 saturated carbocycles. The second-order valence-corrected chi connectivity index (χ2v) is 7.59. The molecule has 0 bridgehead atoms. The lowest BCUT2D eigenvalue weighted by molar-refractivity contribution is 0.445. The number of hydrogen-bond acceptors (Lipinski definition) is 5. The van der Waals surface area contributed by atoms with Crippen LogP contribution in [-0.4, -0.2) is 9.97 Å². The van der Waals surface area contributed by atoms with Gasteiger partial charge in [-0.05, 0) is 47.5 Å². The van der Waals surface area contributed by atoms with Crippen molar-refractivity contribution in [2.75, 3.05) is 5.32 Å². The Hall–Kier alpha value is -2.92. The van der Waals surface area contributed by atoms with Gasteiger partial charge in [0.05, 0.1) is 10.2 Å². The Morgan fingerprint density at radius 3 is 2.54 bits per heavy atom. The molecule has 1 N–H and O–H groups in total. The van der Waals surface area contributed by atoms with E-state index in [9.17, 15) is 0 Å². The van der Waals surface area contributed by atoms with E-state index in [4.69, 9.17) is 4.74 Å². The van der Waals surface area contributed by atoms with E-state index in [1.54, 1.807) is 11.3 Å². The summed E-state index contributed by atoms with van der Waals surface area (Å²) in [7, 11) is 0. The maximum Gasteiger partial charge on any atom is 0.324 e. The Balaban J connectivity index is 1.52. The van der Waals surface area contributed by atoms with Crippen molar-refractivity contribution in [2.45, 2.75) is 32.7 Å². The topological polar surface area (TPSA) is 47.0 Å². The number of hydrogen-bond donors (Lipinski definition) is 1. The molecule has 142 valence electrons. The normalized spacial score (nSPS) is 10.9. The van der Waals surface area contributed by atoms with Crippen molar-refractivity contribution in [3.05, 3.63) is 77.2 Å². The Bertz CT molecular complexity index is 1030. The number of aromatic nitrogens is 2. The molecule has 0 saturated heterocycles. The molecule has 0 atom stereocenters. The van der Waals surface area contributed by atoms with Crippen molar-refractivity contribution in [3.8, 4) is 11.8 Å². The van der Waals surface area contributed by atoms with Gasteiger partial charge in [0.2, 0.25) is 0 Å². The van der Waals surface area contributed by atoms with E-state index in [0.717, 1.165) is 28.2 Å². The minimum absolute atomic E-state index is 0.364. The van der Waals surface area contributed by atoms with Crippen molar-refractivity contribution in [1.82, 2.24) is 9.97 Å². The summed E-state index contributed by atoms with van der Waals surface area (Å²) in [5.41, 5.74) is 3.43. The van der Waals surface area contributed by atoms with Gasteiger partial charge in [-0.25, -0.2) is 0 Å². The number of rotatable bonds is 8. The van der Waals surface area contributed by atoms with Gasteiger partial charge in [0.1, 0.15) is 5.75 Å². The zero-order chi connectivity index (χ0) is 19.2. The van der Waals surface area contributed by atoms with Crippen LogP contribution in [0.2, 0.25) is 0 Å². The van der Waals surface area contributed by atoms with Gasteiger partial charge in [0.25, 0.3) is 0 Å². The van der Waals surface area contributed by atoms with E-state index in [1.807, 2.05) is 41.8 Å². The zero-order valence-corrected chi connectivity index (χ0v) is 16.7. The third-order valence-corrected chi connectivity index (χ3v) is 5.45. The summed E-state index contributed by atoms with van der Waals surface area (Å²) in [6.45, 7) is 2.91. The molecule has 4 nitrogen and oxygen atoms in total. The van der Waals surface area contributed by atoms with E-state index in [1.165, 1.54) is 24.0 Å². The van der Waals surface area contributed by atoms with Crippen LogP contribution in [0.3, 0.4) is 0 Å². The Kier molecular flexibility index (Phi) is 5.83. The first-order valence-electron chi connectivity index (χ1n) is 9.61. The summed E-state index contributed by atoms with van der Waals surface area (Å²) in [5.74, 6) is 1.56. The average molecular weight is 390 g/mol. The summed E-state index contributed by atoms with van der Waals surface area (Å²) >= 11 is 1.63. The second kappa shape index (κ2) is 8.85. The molecule has 2 aromatic heterocycles. The van der Waals surface area contributed by atoms with Crippen molar-refractivity contribution < 1.29 is 4.74 Å². The number of thiophene rings is 1. The minimum Gasteiger partial charge on any atom is -0.424 e. The number of fused-ring (bicyclic) bond motifs is 1. The Morgan fingerprint density at radius 1 is 0.929 bits per heavy atom. The van der Waals surface area contributed by atoms with Crippen LogP contribution in [0.15, 0.2) is 66.0 Å². The Morgan fingerprint density at radius 2 is 1.75 bits per heavy atom. The molecule has 0 fully saturated rings. The van der Waals surface area contributed by atoms with E-state index in [-0.39, 0.29) is 0 Å². The molecule has 0 aliphatic rings. The number of aryl methyl sites for hydroxylation is 1. The zero-order valence-electron chi connectivity index (χ0n) is 15.9. The fourth-order valence-corrected chi connectivity index (χ4v) is 3.80. The molecule has 0 aliphatic carbocycles. The molecule has 4 aromatic rings. The number of unbranched alkanes of at least 4 members (excludes halogenated alkanes) is 1. The molecule has 5 heteroatoms. The molecular weight excluding hydrogens is 366 g/mol. The number of ether oxygens (including phenoxy) is 1. The fourth-order valence-electron chi connectivity index (χ4n) is 3.00. The molecule has 0 unspecified atom stereocenters. The highest BCUT2D eigenvalue weighted by Gasteiger charge is 2.11. The second-order valence-electron chi connectivity index (χ2n) is 6.68. The maximum atomic E-state index is 5.95. The van der Waals surface area contributed by atoms with Crippen LogP contribution in [0.5, 0.6) is 11.8 Å². The van der Waals surface area contributed by atoms with Gasteiger partial charge in [-0.1, -0.05) is 55.8 Å².